The molecule has 0 fully saturated rings. The van der Waals surface area contributed by atoms with E-state index in [-0.39, 0.29) is 11.8 Å². The van der Waals surface area contributed by atoms with Crippen LogP contribution in [0.1, 0.15) is 13.8 Å². The first-order valence-electron chi connectivity index (χ1n) is 4.03. The highest BCUT2D eigenvalue weighted by Crippen LogP contribution is 2.04. The summed E-state index contributed by atoms with van der Waals surface area (Å²) in [6, 6.07) is 0. The number of allylic oxidation sites excluding steroid dienone is 1. The molecule has 0 aromatic heterocycles. The zero-order valence-corrected chi connectivity index (χ0v) is 8.67. The molecule has 14 heavy (non-hydrogen) atoms. The third-order valence-electron chi connectivity index (χ3n) is 1.41. The van der Waals surface area contributed by atoms with Crippen molar-refractivity contribution in [3.63, 3.8) is 0 Å². The highest BCUT2D eigenvalue weighted by atomic mass is 15.1. The third-order valence-corrected chi connectivity index (χ3v) is 1.41. The average molecular weight is 192 g/mol. The molecule has 0 rings (SSSR count). The molecule has 0 spiro atoms. The lowest BCUT2D eigenvalue weighted by Gasteiger charge is -2.00. The molecule has 0 aliphatic rings. The number of hydrogen-bond donors (Lipinski definition) is 2. The molecule has 4 N–H and O–H groups in total. The van der Waals surface area contributed by atoms with Crippen LogP contribution in [-0.4, -0.2) is 11.8 Å². The van der Waals surface area contributed by atoms with Crippen LogP contribution in [0.15, 0.2) is 46.6 Å². The molecular weight excluding hydrogens is 176 g/mol. The highest BCUT2D eigenvalue weighted by Gasteiger charge is 1.96. The van der Waals surface area contributed by atoms with Gasteiger partial charge in [-0.1, -0.05) is 19.7 Å². The Morgan fingerprint density at radius 1 is 0.929 bits per heavy atom. The number of nitrogens with zero attached hydrogens (tertiary/aromatic N) is 2. The van der Waals surface area contributed by atoms with E-state index in [1.54, 1.807) is 13.8 Å². The van der Waals surface area contributed by atoms with E-state index in [1.165, 1.54) is 0 Å². The van der Waals surface area contributed by atoms with Crippen LogP contribution in [0.2, 0.25) is 0 Å². The van der Waals surface area contributed by atoms with E-state index in [4.69, 9.17) is 11.5 Å². The molecule has 0 aromatic carbocycles. The lowest BCUT2D eigenvalue weighted by molar-refractivity contribution is 1.27. The second-order valence-electron chi connectivity index (χ2n) is 2.97. The van der Waals surface area contributed by atoms with Crippen molar-refractivity contribution in [1.29, 1.82) is 0 Å². The first kappa shape index (κ1) is 12.2. The topological polar surface area (TPSA) is 76.8 Å². The Morgan fingerprint density at radius 2 is 1.43 bits per heavy atom. The molecule has 0 saturated carbocycles. The summed E-state index contributed by atoms with van der Waals surface area (Å²) in [4.78, 5) is 7.71. The van der Waals surface area contributed by atoms with Crippen LogP contribution in [0.4, 0.5) is 0 Å². The summed E-state index contributed by atoms with van der Waals surface area (Å²) in [5, 5.41) is 0. The predicted octanol–water partition coefficient (Wildman–Crippen LogP) is 1.32. The Hall–Kier alpha value is -1.84. The first-order chi connectivity index (χ1) is 6.34. The minimum Gasteiger partial charge on any atom is -0.383 e. The maximum atomic E-state index is 5.51. The second kappa shape index (κ2) is 5.01. The number of guanidine groups is 1. The zero-order chi connectivity index (χ0) is 11.3. The van der Waals surface area contributed by atoms with E-state index in [2.05, 4.69) is 29.7 Å². The highest BCUT2D eigenvalue weighted by molar-refractivity contribution is 6.03. The fourth-order valence-electron chi connectivity index (χ4n) is 0.478. The molecule has 4 nitrogen and oxygen atoms in total. The Kier molecular flexibility index (Phi) is 4.35. The SMILES string of the molecule is C=C(C)C(=C)N=C(N)N=C(N)C(=C)C. The zero-order valence-electron chi connectivity index (χ0n) is 8.67. The van der Waals surface area contributed by atoms with Gasteiger partial charge in [0.15, 0.2) is 0 Å². The predicted molar refractivity (Wildman–Crippen MR) is 62.0 cm³/mol. The van der Waals surface area contributed by atoms with Crippen LogP contribution < -0.4 is 11.5 Å². The van der Waals surface area contributed by atoms with Gasteiger partial charge < -0.3 is 11.5 Å². The Balaban J connectivity index is 4.72. The van der Waals surface area contributed by atoms with Gasteiger partial charge in [-0.15, -0.1) is 0 Å². The number of rotatable bonds is 3. The maximum absolute atomic E-state index is 5.51. The van der Waals surface area contributed by atoms with E-state index >= 15 is 0 Å². The average Bonchev–Trinajstić information content (AvgIpc) is 2.03. The summed E-state index contributed by atoms with van der Waals surface area (Å²) >= 11 is 0. The van der Waals surface area contributed by atoms with Crippen molar-refractivity contribution in [2.24, 2.45) is 21.5 Å². The standard InChI is InChI=1S/C10H16N4/c1-6(2)8(5)13-10(12)14-9(11)7(3)4/h1,3,5H2,2,4H3,(H4,11,12,13,14). The van der Waals surface area contributed by atoms with Crippen LogP contribution in [0, 0.1) is 0 Å². The minimum absolute atomic E-state index is 0.0542. The van der Waals surface area contributed by atoms with Crippen molar-refractivity contribution in [3.05, 3.63) is 36.6 Å². The second-order valence-corrected chi connectivity index (χ2v) is 2.97. The summed E-state index contributed by atoms with van der Waals surface area (Å²) in [7, 11) is 0. The molecule has 0 saturated heterocycles. The van der Waals surface area contributed by atoms with Crippen molar-refractivity contribution < 1.29 is 0 Å². The van der Waals surface area contributed by atoms with Crippen molar-refractivity contribution in [3.8, 4) is 0 Å². The lowest BCUT2D eigenvalue weighted by atomic mass is 10.3. The van der Waals surface area contributed by atoms with Crippen LogP contribution in [0.3, 0.4) is 0 Å². The summed E-state index contributed by atoms with van der Waals surface area (Å²) in [5.74, 6) is 0.319. The summed E-state index contributed by atoms with van der Waals surface area (Å²) in [5.41, 5.74) is 12.9. The summed E-state index contributed by atoms with van der Waals surface area (Å²) in [6.45, 7) is 14.4. The smallest absolute Gasteiger partial charge is 0.222 e. The van der Waals surface area contributed by atoms with Gasteiger partial charge in [0.25, 0.3) is 0 Å². The van der Waals surface area contributed by atoms with E-state index in [0.29, 0.717) is 11.3 Å². The largest absolute Gasteiger partial charge is 0.383 e. The maximum Gasteiger partial charge on any atom is 0.222 e. The lowest BCUT2D eigenvalue weighted by Crippen LogP contribution is -2.19. The van der Waals surface area contributed by atoms with Gasteiger partial charge in [0.1, 0.15) is 5.84 Å². The number of hydrogen-bond acceptors (Lipinski definition) is 1. The van der Waals surface area contributed by atoms with Gasteiger partial charge in [-0.25, -0.2) is 4.99 Å². The molecule has 0 aliphatic heterocycles. The molecule has 0 radical (unpaired) electrons. The van der Waals surface area contributed by atoms with Gasteiger partial charge in [-0.2, -0.15) is 4.99 Å². The van der Waals surface area contributed by atoms with Gasteiger partial charge >= 0.3 is 0 Å². The van der Waals surface area contributed by atoms with Crippen LogP contribution in [0.25, 0.3) is 0 Å². The van der Waals surface area contributed by atoms with Gasteiger partial charge in [0, 0.05) is 0 Å². The Labute approximate surface area is 84.4 Å². The molecule has 0 bridgehead atoms. The summed E-state index contributed by atoms with van der Waals surface area (Å²) in [6.07, 6.45) is 0. The van der Waals surface area contributed by atoms with Crippen molar-refractivity contribution in [2.45, 2.75) is 13.8 Å². The molecule has 0 aliphatic carbocycles. The molecule has 4 heteroatoms. The third kappa shape index (κ3) is 4.25. The number of amidine groups is 1. The summed E-state index contributed by atoms with van der Waals surface area (Å²) < 4.78 is 0. The molecule has 0 amide bonds. The van der Waals surface area contributed by atoms with Crippen molar-refractivity contribution >= 4 is 11.8 Å². The van der Waals surface area contributed by atoms with Gasteiger partial charge in [0.2, 0.25) is 5.96 Å². The van der Waals surface area contributed by atoms with Crippen molar-refractivity contribution in [1.82, 2.24) is 0 Å². The van der Waals surface area contributed by atoms with E-state index in [9.17, 15) is 0 Å². The fraction of sp³-hybridized carbons (Fsp3) is 0.200. The molecular formula is C10H16N4. The van der Waals surface area contributed by atoms with E-state index in [1.807, 2.05) is 0 Å². The number of aliphatic imine (C=N–C) groups is 2. The van der Waals surface area contributed by atoms with E-state index in [0.717, 1.165) is 5.57 Å². The van der Waals surface area contributed by atoms with Gasteiger partial charge in [-0.05, 0) is 25.0 Å². The van der Waals surface area contributed by atoms with Crippen LogP contribution >= 0.6 is 0 Å². The molecule has 0 atom stereocenters. The normalized spacial score (nSPS) is 12.4. The monoisotopic (exact) mass is 192 g/mol. The minimum atomic E-state index is 0.0542. The van der Waals surface area contributed by atoms with Crippen LogP contribution in [0.5, 0.6) is 0 Å². The van der Waals surface area contributed by atoms with E-state index < -0.39 is 0 Å². The number of nitrogens with two attached hydrogens (primary N) is 2. The molecule has 0 aromatic rings. The quantitative estimate of drug-likeness (QED) is 0.402. The Morgan fingerprint density at radius 3 is 1.79 bits per heavy atom. The molecule has 76 valence electrons. The fourth-order valence-corrected chi connectivity index (χ4v) is 0.478. The Bertz CT molecular complexity index is 334. The van der Waals surface area contributed by atoms with Crippen molar-refractivity contribution in [2.75, 3.05) is 0 Å². The molecule has 0 unspecified atom stereocenters. The van der Waals surface area contributed by atoms with Crippen LogP contribution in [-0.2, 0) is 0 Å². The van der Waals surface area contributed by atoms with Gasteiger partial charge in [0.05, 0.1) is 5.70 Å². The molecule has 0 heterocycles. The first-order valence-corrected chi connectivity index (χ1v) is 4.03. The van der Waals surface area contributed by atoms with Gasteiger partial charge in [-0.3, -0.25) is 0 Å².